The summed E-state index contributed by atoms with van der Waals surface area (Å²) in [6.07, 6.45) is 1.71. The van der Waals surface area contributed by atoms with Crippen molar-refractivity contribution in [2.24, 2.45) is 4.99 Å². The molecular formula is C27H25N3NiO3-2. The summed E-state index contributed by atoms with van der Waals surface area (Å²) < 4.78 is 0. The maximum Gasteiger partial charge on any atom is 0.0792 e. The van der Waals surface area contributed by atoms with E-state index < -0.39 is 12.5 Å². The van der Waals surface area contributed by atoms with Crippen LogP contribution in [-0.2, 0) is 32.6 Å². The Bertz CT molecular complexity index is 1140. The maximum absolute atomic E-state index is 13.2. The van der Waals surface area contributed by atoms with Gasteiger partial charge in [0.1, 0.15) is 0 Å². The number of hydrogen-bond acceptors (Lipinski definition) is 5. The van der Waals surface area contributed by atoms with Crippen molar-refractivity contribution in [1.82, 2.24) is 4.90 Å². The Morgan fingerprint density at radius 2 is 1.59 bits per heavy atom. The van der Waals surface area contributed by atoms with Crippen LogP contribution in [0.4, 0.5) is 5.69 Å². The van der Waals surface area contributed by atoms with E-state index in [1.165, 1.54) is 5.56 Å². The molecule has 0 radical (unpaired) electrons. The molecule has 0 N–H and O–H groups in total. The predicted molar refractivity (Wildman–Crippen MR) is 126 cm³/mol. The Labute approximate surface area is 209 Å². The Balaban J connectivity index is 0.00000324. The minimum absolute atomic E-state index is 0. The first-order valence-corrected chi connectivity index (χ1v) is 11.0. The number of benzene rings is 3. The fraction of sp³-hybridized carbons (Fsp3) is 0.222. The predicted octanol–water partition coefficient (Wildman–Crippen LogP) is 3.47. The van der Waals surface area contributed by atoms with Crippen LogP contribution in [0.5, 0.6) is 0 Å². The van der Waals surface area contributed by atoms with Crippen molar-refractivity contribution in [3.8, 4) is 0 Å². The minimum atomic E-state index is -1.27. The fourth-order valence-electron chi connectivity index (χ4n) is 4.15. The molecule has 1 aliphatic rings. The topological polar surface area (TPSA) is 86.9 Å². The van der Waals surface area contributed by atoms with E-state index in [-0.39, 0.29) is 28.4 Å². The molecule has 0 bridgehead atoms. The summed E-state index contributed by atoms with van der Waals surface area (Å²) in [5.74, 6) is -1.46. The number of rotatable bonds is 8. The molecule has 178 valence electrons. The zero-order valence-corrected chi connectivity index (χ0v) is 19.6. The number of carboxylic acids is 1. The van der Waals surface area contributed by atoms with Gasteiger partial charge >= 0.3 is 0 Å². The van der Waals surface area contributed by atoms with Crippen molar-refractivity contribution >= 4 is 23.3 Å². The van der Waals surface area contributed by atoms with Crippen LogP contribution in [0, 0.1) is 0 Å². The largest absolute Gasteiger partial charge is 0.625 e. The van der Waals surface area contributed by atoms with Gasteiger partial charge in [0.2, 0.25) is 0 Å². The molecule has 0 saturated carbocycles. The number of likely N-dealkylation sites (tertiary alicyclic amines) is 1. The van der Waals surface area contributed by atoms with E-state index >= 15 is 0 Å². The molecule has 3 aromatic carbocycles. The number of para-hydroxylation sites is 1. The molecular weight excluding hydrogens is 473 g/mol. The van der Waals surface area contributed by atoms with Crippen LogP contribution in [0.2, 0.25) is 0 Å². The van der Waals surface area contributed by atoms with E-state index in [0.717, 1.165) is 24.9 Å². The van der Waals surface area contributed by atoms with Gasteiger partial charge < -0.3 is 20.0 Å². The van der Waals surface area contributed by atoms with Crippen LogP contribution >= 0.6 is 0 Å². The quantitative estimate of drug-likeness (QED) is 0.352. The van der Waals surface area contributed by atoms with Gasteiger partial charge in [0.05, 0.1) is 30.2 Å². The van der Waals surface area contributed by atoms with Gasteiger partial charge in [0, 0.05) is 28.6 Å². The first-order valence-electron chi connectivity index (χ1n) is 11.0. The second-order valence-corrected chi connectivity index (χ2v) is 7.98. The average molecular weight is 498 g/mol. The maximum atomic E-state index is 13.2. The van der Waals surface area contributed by atoms with Crippen molar-refractivity contribution < 1.29 is 31.2 Å². The van der Waals surface area contributed by atoms with Gasteiger partial charge in [-0.15, -0.1) is 5.69 Å². The summed E-state index contributed by atoms with van der Waals surface area (Å²) >= 11 is 0. The number of nitrogens with zero attached hydrogens (tertiary/aromatic N) is 3. The van der Waals surface area contributed by atoms with Crippen molar-refractivity contribution in [1.29, 1.82) is 0 Å². The van der Waals surface area contributed by atoms with Crippen LogP contribution in [0.25, 0.3) is 5.32 Å². The summed E-state index contributed by atoms with van der Waals surface area (Å²) in [7, 11) is 0. The first kappa shape index (κ1) is 25.3. The Morgan fingerprint density at radius 3 is 2.29 bits per heavy atom. The van der Waals surface area contributed by atoms with E-state index in [2.05, 4.69) is 27.3 Å². The number of hydrogen-bond donors (Lipinski definition) is 0. The molecule has 0 aromatic heterocycles. The van der Waals surface area contributed by atoms with Gasteiger partial charge in [-0.2, -0.15) is 0 Å². The van der Waals surface area contributed by atoms with E-state index in [1.807, 2.05) is 66.7 Å². The van der Waals surface area contributed by atoms with Crippen LogP contribution in [0.3, 0.4) is 0 Å². The van der Waals surface area contributed by atoms with E-state index in [1.54, 1.807) is 6.07 Å². The van der Waals surface area contributed by atoms with E-state index in [0.29, 0.717) is 23.5 Å². The van der Waals surface area contributed by atoms with Crippen LogP contribution < -0.4 is 5.11 Å². The molecule has 1 atom stereocenters. The molecule has 1 heterocycles. The molecule has 0 unspecified atom stereocenters. The van der Waals surface area contributed by atoms with Crippen molar-refractivity contribution in [3.63, 3.8) is 0 Å². The molecule has 1 fully saturated rings. The third-order valence-electron chi connectivity index (χ3n) is 5.68. The molecule has 0 spiro atoms. The second-order valence-electron chi connectivity index (χ2n) is 7.98. The molecule has 34 heavy (non-hydrogen) atoms. The molecule has 4 rings (SSSR count). The van der Waals surface area contributed by atoms with Crippen LogP contribution in [-0.4, -0.2) is 41.6 Å². The molecule has 1 amide bonds. The van der Waals surface area contributed by atoms with Gasteiger partial charge in [0.15, 0.2) is 0 Å². The fourth-order valence-corrected chi connectivity index (χ4v) is 4.15. The summed E-state index contributed by atoms with van der Waals surface area (Å²) in [5.41, 5.74) is 3.49. The van der Waals surface area contributed by atoms with Crippen LogP contribution in [0.1, 0.15) is 29.5 Å². The molecule has 7 heteroatoms. The average Bonchev–Trinajstić information content (AvgIpc) is 3.29. The molecule has 3 aromatic rings. The Kier molecular flexibility index (Phi) is 9.14. The number of carbonyl (C=O) groups is 2. The first-order chi connectivity index (χ1) is 16.1. The smallest absolute Gasteiger partial charge is 0.0792 e. The number of carboxylic acid groups (broad SMARTS) is 1. The van der Waals surface area contributed by atoms with Gasteiger partial charge in [0.25, 0.3) is 0 Å². The monoisotopic (exact) mass is 497 g/mol. The van der Waals surface area contributed by atoms with Crippen molar-refractivity contribution in [3.05, 3.63) is 107 Å². The Morgan fingerprint density at radius 1 is 0.941 bits per heavy atom. The van der Waals surface area contributed by atoms with Gasteiger partial charge in [-0.25, -0.2) is 0 Å². The SMILES string of the molecule is O=C([O-])CN=C(c1ccccc1)c1ccccc1[N-]C(=O)[C@@H]1CCCN1Cc1ccccc1.[Ni]. The second kappa shape index (κ2) is 12.3. The summed E-state index contributed by atoms with van der Waals surface area (Å²) in [5, 5.41) is 15.6. The third kappa shape index (κ3) is 6.40. The number of amides is 1. The summed E-state index contributed by atoms with van der Waals surface area (Å²) in [4.78, 5) is 30.8. The van der Waals surface area contributed by atoms with Crippen LogP contribution in [0.15, 0.2) is 89.9 Å². The van der Waals surface area contributed by atoms with Crippen molar-refractivity contribution in [2.45, 2.75) is 25.4 Å². The normalized spacial score (nSPS) is 16.0. The van der Waals surface area contributed by atoms with E-state index in [4.69, 9.17) is 0 Å². The summed E-state index contributed by atoms with van der Waals surface area (Å²) in [6.45, 7) is 1.08. The van der Waals surface area contributed by atoms with Gasteiger partial charge in [-0.05, 0) is 30.5 Å². The van der Waals surface area contributed by atoms with E-state index in [9.17, 15) is 14.7 Å². The number of carbonyl (C=O) groups excluding carboxylic acids is 2. The molecule has 1 aliphatic heterocycles. The number of aliphatic carboxylic acids is 1. The zero-order chi connectivity index (χ0) is 23.0. The minimum Gasteiger partial charge on any atom is -0.625 e. The molecule has 1 saturated heterocycles. The molecule has 0 aliphatic carbocycles. The molecule has 6 nitrogen and oxygen atoms in total. The third-order valence-corrected chi connectivity index (χ3v) is 5.68. The standard InChI is InChI=1S/C27H27N3O3.Ni/c31-25(32)18-28-26(21-12-5-2-6-13-21)22-14-7-8-15-23(22)29-27(33)24-16-9-17-30(24)19-20-10-3-1-4-11-20;/h1-8,10-15,24H,9,16-19H2,(H2,28,29,31,32,33);/p-2/t24-;/m0./s1. The number of aliphatic imine (C=N–C) groups is 1. The van der Waals surface area contributed by atoms with Crippen molar-refractivity contribution in [2.75, 3.05) is 13.1 Å². The Hall–Kier alpha value is -3.28. The van der Waals surface area contributed by atoms with Gasteiger partial charge in [-0.3, -0.25) is 9.89 Å². The van der Waals surface area contributed by atoms with Gasteiger partial charge in [-0.1, -0.05) is 84.9 Å². The summed E-state index contributed by atoms with van der Waals surface area (Å²) in [6, 6.07) is 26.3. The zero-order valence-electron chi connectivity index (χ0n) is 18.6.